The molecule has 0 spiro atoms. The molecule has 0 aliphatic rings. The lowest BCUT2D eigenvalue weighted by Crippen LogP contribution is -2.04. The minimum absolute atomic E-state index is 0.201. The van der Waals surface area contributed by atoms with E-state index in [-0.39, 0.29) is 6.04 Å². The molecule has 3 rings (SSSR count). The molecule has 0 saturated heterocycles. The van der Waals surface area contributed by atoms with Crippen molar-refractivity contribution < 1.29 is 4.42 Å². The Labute approximate surface area is 107 Å². The smallest absolute Gasteiger partial charge is 0.264 e. The molecule has 1 aromatic carbocycles. The molecule has 2 heterocycles. The van der Waals surface area contributed by atoms with E-state index in [1.165, 1.54) is 11.8 Å². The fourth-order valence-corrected chi connectivity index (χ4v) is 2.40. The van der Waals surface area contributed by atoms with Gasteiger partial charge in [-0.1, -0.05) is 12.1 Å². The molecule has 0 unspecified atom stereocenters. The molecule has 0 amide bonds. The summed E-state index contributed by atoms with van der Waals surface area (Å²) in [6.45, 7) is 4.04. The Hall–Kier alpha value is -1.89. The van der Waals surface area contributed by atoms with E-state index in [2.05, 4.69) is 20.5 Å². The van der Waals surface area contributed by atoms with Crippen LogP contribution >= 0.6 is 11.8 Å². The molecule has 6 nitrogen and oxygen atoms in total. The van der Waals surface area contributed by atoms with Crippen LogP contribution in [0.15, 0.2) is 39.1 Å². The molecule has 3 aromatic rings. The second-order valence-corrected chi connectivity index (χ2v) is 4.97. The van der Waals surface area contributed by atoms with Gasteiger partial charge in [-0.2, -0.15) is 0 Å². The number of nitrogens with zero attached hydrogens (tertiary/aromatic N) is 5. The number of benzene rings is 1. The van der Waals surface area contributed by atoms with E-state index in [1.54, 1.807) is 4.68 Å². The normalized spacial score (nSPS) is 11.5. The van der Waals surface area contributed by atoms with E-state index < -0.39 is 0 Å². The van der Waals surface area contributed by atoms with Gasteiger partial charge in [0.05, 0.1) is 6.04 Å². The molecule has 18 heavy (non-hydrogen) atoms. The summed E-state index contributed by atoms with van der Waals surface area (Å²) in [4.78, 5) is 4.38. The molecule has 0 saturated carbocycles. The summed E-state index contributed by atoms with van der Waals surface area (Å²) >= 11 is 1.32. The highest BCUT2D eigenvalue weighted by molar-refractivity contribution is 7.99. The molecule has 92 valence electrons. The lowest BCUT2D eigenvalue weighted by Gasteiger charge is -2.04. The fraction of sp³-hybridized carbons (Fsp3) is 0.273. The number of fused-ring (bicyclic) bond motifs is 1. The van der Waals surface area contributed by atoms with E-state index in [1.807, 2.05) is 38.1 Å². The zero-order chi connectivity index (χ0) is 12.5. The Morgan fingerprint density at radius 3 is 2.89 bits per heavy atom. The molecule has 0 aliphatic heterocycles. The second kappa shape index (κ2) is 4.41. The van der Waals surface area contributed by atoms with Gasteiger partial charge in [0.2, 0.25) is 5.16 Å². The fourth-order valence-electron chi connectivity index (χ4n) is 1.55. The summed E-state index contributed by atoms with van der Waals surface area (Å²) in [6.07, 6.45) is 0. The van der Waals surface area contributed by atoms with Crippen molar-refractivity contribution in [2.45, 2.75) is 30.3 Å². The van der Waals surface area contributed by atoms with Crippen LogP contribution in [-0.4, -0.2) is 25.2 Å². The average molecular weight is 261 g/mol. The highest BCUT2D eigenvalue weighted by atomic mass is 32.2. The van der Waals surface area contributed by atoms with Crippen LogP contribution < -0.4 is 0 Å². The lowest BCUT2D eigenvalue weighted by atomic mass is 10.3. The Morgan fingerprint density at radius 2 is 2.11 bits per heavy atom. The second-order valence-electron chi connectivity index (χ2n) is 4.05. The predicted octanol–water partition coefficient (Wildman–Crippen LogP) is 2.55. The number of hydrogen-bond acceptors (Lipinski definition) is 6. The maximum absolute atomic E-state index is 5.62. The van der Waals surface area contributed by atoms with Gasteiger partial charge in [-0.05, 0) is 36.4 Å². The number of para-hydroxylation sites is 2. The first kappa shape index (κ1) is 11.2. The summed E-state index contributed by atoms with van der Waals surface area (Å²) in [5, 5.41) is 12.8. The van der Waals surface area contributed by atoms with E-state index in [0.717, 1.165) is 11.1 Å². The Morgan fingerprint density at radius 1 is 1.28 bits per heavy atom. The third-order valence-electron chi connectivity index (χ3n) is 2.40. The lowest BCUT2D eigenvalue weighted by molar-refractivity contribution is 0.467. The first-order valence-corrected chi connectivity index (χ1v) is 6.37. The van der Waals surface area contributed by atoms with E-state index in [9.17, 15) is 0 Å². The molecular formula is C11H11N5OS. The number of hydrogen-bond donors (Lipinski definition) is 0. The van der Waals surface area contributed by atoms with Crippen molar-refractivity contribution in [1.29, 1.82) is 0 Å². The van der Waals surface area contributed by atoms with Crippen LogP contribution in [0.4, 0.5) is 0 Å². The molecule has 0 radical (unpaired) electrons. The number of rotatable bonds is 3. The van der Waals surface area contributed by atoms with Crippen LogP contribution in [0.3, 0.4) is 0 Å². The molecule has 0 aliphatic carbocycles. The number of tetrazole rings is 1. The third-order valence-corrected chi connectivity index (χ3v) is 3.21. The van der Waals surface area contributed by atoms with Crippen molar-refractivity contribution in [3.63, 3.8) is 0 Å². The number of aromatic nitrogens is 5. The van der Waals surface area contributed by atoms with Gasteiger partial charge in [0, 0.05) is 11.8 Å². The van der Waals surface area contributed by atoms with Gasteiger partial charge < -0.3 is 4.42 Å². The largest absolute Gasteiger partial charge is 0.431 e. The van der Waals surface area contributed by atoms with Crippen molar-refractivity contribution in [1.82, 2.24) is 25.2 Å². The van der Waals surface area contributed by atoms with Crippen LogP contribution in [0.25, 0.3) is 11.1 Å². The molecule has 0 fully saturated rings. The minimum Gasteiger partial charge on any atom is -0.431 e. The Balaban J connectivity index is 1.94. The van der Waals surface area contributed by atoms with Crippen molar-refractivity contribution in [2.24, 2.45) is 0 Å². The van der Waals surface area contributed by atoms with E-state index in [0.29, 0.717) is 10.4 Å². The van der Waals surface area contributed by atoms with Crippen LogP contribution in [0, 0.1) is 0 Å². The quantitative estimate of drug-likeness (QED) is 0.721. The van der Waals surface area contributed by atoms with Crippen LogP contribution in [-0.2, 0) is 0 Å². The first-order chi connectivity index (χ1) is 8.74. The first-order valence-electron chi connectivity index (χ1n) is 5.55. The van der Waals surface area contributed by atoms with Gasteiger partial charge in [0.25, 0.3) is 5.22 Å². The molecule has 2 aromatic heterocycles. The van der Waals surface area contributed by atoms with Gasteiger partial charge in [-0.15, -0.1) is 5.10 Å². The maximum atomic E-state index is 5.62. The average Bonchev–Trinajstić information content (AvgIpc) is 2.94. The highest BCUT2D eigenvalue weighted by Crippen LogP contribution is 2.28. The molecule has 0 bridgehead atoms. The zero-order valence-electron chi connectivity index (χ0n) is 9.94. The topological polar surface area (TPSA) is 69.6 Å². The van der Waals surface area contributed by atoms with Gasteiger partial charge in [0.15, 0.2) is 5.58 Å². The monoisotopic (exact) mass is 261 g/mol. The van der Waals surface area contributed by atoms with Crippen molar-refractivity contribution in [3.05, 3.63) is 24.3 Å². The third kappa shape index (κ3) is 1.97. The van der Waals surface area contributed by atoms with Crippen molar-refractivity contribution >= 4 is 22.9 Å². The Kier molecular flexibility index (Phi) is 2.75. The van der Waals surface area contributed by atoms with E-state index in [4.69, 9.17) is 4.42 Å². The van der Waals surface area contributed by atoms with Gasteiger partial charge in [-0.25, -0.2) is 9.67 Å². The van der Waals surface area contributed by atoms with Gasteiger partial charge in [0.1, 0.15) is 5.52 Å². The highest BCUT2D eigenvalue weighted by Gasteiger charge is 2.14. The van der Waals surface area contributed by atoms with E-state index >= 15 is 0 Å². The zero-order valence-corrected chi connectivity index (χ0v) is 10.8. The number of oxazole rings is 1. The SMILES string of the molecule is CC(C)n1nnnc1Sc1nc2ccccc2o1. The predicted molar refractivity (Wildman–Crippen MR) is 66.3 cm³/mol. The van der Waals surface area contributed by atoms with Crippen LogP contribution in [0.1, 0.15) is 19.9 Å². The van der Waals surface area contributed by atoms with Crippen LogP contribution in [0.5, 0.6) is 0 Å². The molecule has 0 atom stereocenters. The van der Waals surface area contributed by atoms with Crippen LogP contribution in [0.2, 0.25) is 0 Å². The standard InChI is InChI=1S/C11H11N5OS/c1-7(2)16-10(13-14-15-16)18-11-12-8-5-3-4-6-9(8)17-11/h3-7H,1-2H3. The molecule has 0 N–H and O–H groups in total. The molecule has 7 heteroatoms. The van der Waals surface area contributed by atoms with Crippen molar-refractivity contribution in [2.75, 3.05) is 0 Å². The molecular weight excluding hydrogens is 250 g/mol. The summed E-state index contributed by atoms with van der Waals surface area (Å²) in [6, 6.07) is 7.84. The summed E-state index contributed by atoms with van der Waals surface area (Å²) in [5.74, 6) is 0. The summed E-state index contributed by atoms with van der Waals surface area (Å²) < 4.78 is 7.35. The summed E-state index contributed by atoms with van der Waals surface area (Å²) in [5.41, 5.74) is 1.60. The minimum atomic E-state index is 0.201. The van der Waals surface area contributed by atoms with Gasteiger partial charge in [-0.3, -0.25) is 0 Å². The van der Waals surface area contributed by atoms with Crippen molar-refractivity contribution in [3.8, 4) is 0 Å². The Bertz CT molecular complexity index is 642. The maximum Gasteiger partial charge on any atom is 0.264 e. The van der Waals surface area contributed by atoms with Gasteiger partial charge >= 0.3 is 0 Å². The summed E-state index contributed by atoms with van der Waals surface area (Å²) in [7, 11) is 0.